The lowest BCUT2D eigenvalue weighted by atomic mass is 10.2. The van der Waals surface area contributed by atoms with Crippen molar-refractivity contribution in [1.29, 1.82) is 0 Å². The van der Waals surface area contributed by atoms with Crippen molar-refractivity contribution < 1.29 is 4.79 Å². The second-order valence-corrected chi connectivity index (χ2v) is 5.81. The van der Waals surface area contributed by atoms with Gasteiger partial charge in [-0.15, -0.1) is 0 Å². The number of pyridine rings is 1. The molecule has 0 saturated carbocycles. The van der Waals surface area contributed by atoms with E-state index < -0.39 is 0 Å². The van der Waals surface area contributed by atoms with E-state index in [2.05, 4.69) is 26.2 Å². The number of rotatable bonds is 3. The van der Waals surface area contributed by atoms with E-state index in [0.29, 0.717) is 27.8 Å². The summed E-state index contributed by atoms with van der Waals surface area (Å²) in [5.41, 5.74) is 1.77. The number of nitrogens with one attached hydrogen (secondary N) is 1. The van der Waals surface area contributed by atoms with Crippen molar-refractivity contribution >= 4 is 50.7 Å². The predicted octanol–water partition coefficient (Wildman–Crippen LogP) is 4.97. The molecular formula is C14H11BrCl2N2O. The number of benzene rings is 1. The first-order valence-electron chi connectivity index (χ1n) is 5.92. The minimum absolute atomic E-state index is 0.270. The SMILES string of the molecule is CCc1cc(C(=O)Nc2ccc(Br)cc2Cl)cc(Cl)n1. The Bertz CT molecular complexity index is 662. The fraction of sp³-hybridized carbons (Fsp3) is 0.143. The number of hydrogen-bond donors (Lipinski definition) is 1. The quantitative estimate of drug-likeness (QED) is 0.772. The number of aryl methyl sites for hydroxylation is 1. The normalized spacial score (nSPS) is 10.4. The summed E-state index contributed by atoms with van der Waals surface area (Å²) in [6, 6.07) is 8.50. The first-order valence-corrected chi connectivity index (χ1v) is 7.47. The number of hydrogen-bond acceptors (Lipinski definition) is 2. The second-order valence-electron chi connectivity index (χ2n) is 4.10. The summed E-state index contributed by atoms with van der Waals surface area (Å²) < 4.78 is 0.848. The van der Waals surface area contributed by atoms with Crippen LogP contribution in [0.15, 0.2) is 34.8 Å². The number of anilines is 1. The molecule has 0 atom stereocenters. The number of nitrogens with zero attached hydrogens (tertiary/aromatic N) is 1. The highest BCUT2D eigenvalue weighted by Gasteiger charge is 2.11. The summed E-state index contributed by atoms with van der Waals surface area (Å²) in [6.07, 6.45) is 0.708. The van der Waals surface area contributed by atoms with Crippen LogP contribution < -0.4 is 5.32 Å². The fourth-order valence-corrected chi connectivity index (χ4v) is 2.60. The van der Waals surface area contributed by atoms with E-state index in [0.717, 1.165) is 10.2 Å². The first-order chi connectivity index (χ1) is 9.49. The maximum absolute atomic E-state index is 12.2. The molecule has 104 valence electrons. The molecule has 20 heavy (non-hydrogen) atoms. The summed E-state index contributed by atoms with van der Waals surface area (Å²) in [7, 11) is 0. The molecule has 2 aromatic rings. The van der Waals surface area contributed by atoms with Crippen LogP contribution in [0.25, 0.3) is 0 Å². The van der Waals surface area contributed by atoms with E-state index in [9.17, 15) is 4.79 Å². The Balaban J connectivity index is 2.26. The van der Waals surface area contributed by atoms with Crippen molar-refractivity contribution in [3.63, 3.8) is 0 Å². The van der Waals surface area contributed by atoms with Gasteiger partial charge in [-0.2, -0.15) is 0 Å². The Kier molecular flexibility index (Phi) is 5.02. The van der Waals surface area contributed by atoms with Gasteiger partial charge in [0.05, 0.1) is 10.7 Å². The molecule has 1 aromatic carbocycles. The molecule has 0 saturated heterocycles. The lowest BCUT2D eigenvalue weighted by Gasteiger charge is -2.08. The molecule has 0 aliphatic carbocycles. The van der Waals surface area contributed by atoms with Crippen molar-refractivity contribution in [1.82, 2.24) is 4.98 Å². The molecule has 0 aliphatic rings. The highest BCUT2D eigenvalue weighted by atomic mass is 79.9. The molecule has 0 bridgehead atoms. The molecule has 0 fully saturated rings. The molecule has 0 spiro atoms. The van der Waals surface area contributed by atoms with Crippen molar-refractivity contribution in [2.75, 3.05) is 5.32 Å². The summed E-state index contributed by atoms with van der Waals surface area (Å²) >= 11 is 15.3. The highest BCUT2D eigenvalue weighted by Crippen LogP contribution is 2.26. The Morgan fingerprint density at radius 2 is 2.05 bits per heavy atom. The molecule has 1 amide bonds. The number of carbonyl (C=O) groups is 1. The third kappa shape index (κ3) is 3.72. The third-order valence-corrected chi connectivity index (χ3v) is 3.65. The van der Waals surface area contributed by atoms with Gasteiger partial charge < -0.3 is 5.32 Å². The number of aromatic nitrogens is 1. The number of amides is 1. The maximum Gasteiger partial charge on any atom is 0.255 e. The predicted molar refractivity (Wildman–Crippen MR) is 85.7 cm³/mol. The Labute approximate surface area is 135 Å². The van der Waals surface area contributed by atoms with E-state index in [1.165, 1.54) is 6.07 Å². The fourth-order valence-electron chi connectivity index (χ4n) is 1.65. The molecule has 1 N–H and O–H groups in total. The standard InChI is InChI=1S/C14H11BrCl2N2O/c1-2-10-5-8(6-13(17)18-10)14(20)19-12-4-3-9(15)7-11(12)16/h3-7H,2H2,1H3,(H,19,20). The Morgan fingerprint density at radius 1 is 1.30 bits per heavy atom. The first kappa shape index (κ1) is 15.3. The van der Waals surface area contributed by atoms with E-state index in [1.54, 1.807) is 24.3 Å². The van der Waals surface area contributed by atoms with Gasteiger partial charge in [0.2, 0.25) is 0 Å². The van der Waals surface area contributed by atoms with Crippen LogP contribution in [0.5, 0.6) is 0 Å². The summed E-state index contributed by atoms with van der Waals surface area (Å²) in [6.45, 7) is 1.95. The summed E-state index contributed by atoms with van der Waals surface area (Å²) in [5.74, 6) is -0.270. The molecule has 0 unspecified atom stereocenters. The minimum atomic E-state index is -0.270. The van der Waals surface area contributed by atoms with Crippen molar-refractivity contribution in [2.45, 2.75) is 13.3 Å². The molecule has 2 rings (SSSR count). The second kappa shape index (κ2) is 6.57. The van der Waals surface area contributed by atoms with Crippen LogP contribution in [0.4, 0.5) is 5.69 Å². The average molecular weight is 374 g/mol. The molecule has 1 heterocycles. The van der Waals surface area contributed by atoms with Crippen molar-refractivity contribution in [3.8, 4) is 0 Å². The largest absolute Gasteiger partial charge is 0.321 e. The molecule has 6 heteroatoms. The van der Waals surface area contributed by atoms with Gasteiger partial charge in [-0.1, -0.05) is 46.1 Å². The van der Waals surface area contributed by atoms with Gasteiger partial charge in [0, 0.05) is 15.7 Å². The minimum Gasteiger partial charge on any atom is -0.321 e. The van der Waals surface area contributed by atoms with Crippen LogP contribution in [0, 0.1) is 0 Å². The molecular weight excluding hydrogens is 363 g/mol. The van der Waals surface area contributed by atoms with Crippen LogP contribution >= 0.6 is 39.1 Å². The van der Waals surface area contributed by atoms with E-state index in [1.807, 2.05) is 6.92 Å². The highest BCUT2D eigenvalue weighted by molar-refractivity contribution is 9.10. The molecule has 1 aromatic heterocycles. The average Bonchev–Trinajstić information content (AvgIpc) is 2.41. The Morgan fingerprint density at radius 3 is 2.70 bits per heavy atom. The van der Waals surface area contributed by atoms with E-state index in [4.69, 9.17) is 23.2 Å². The van der Waals surface area contributed by atoms with Gasteiger partial charge in [0.15, 0.2) is 0 Å². The zero-order chi connectivity index (χ0) is 14.7. The van der Waals surface area contributed by atoms with E-state index in [-0.39, 0.29) is 5.91 Å². The summed E-state index contributed by atoms with van der Waals surface area (Å²) in [5, 5.41) is 3.52. The van der Waals surface area contributed by atoms with Gasteiger partial charge in [0.1, 0.15) is 5.15 Å². The van der Waals surface area contributed by atoms with Gasteiger partial charge in [-0.25, -0.2) is 4.98 Å². The van der Waals surface area contributed by atoms with Crippen molar-refractivity contribution in [2.24, 2.45) is 0 Å². The molecule has 0 radical (unpaired) electrons. The third-order valence-electron chi connectivity index (χ3n) is 2.65. The topological polar surface area (TPSA) is 42.0 Å². The Hall–Kier alpha value is -1.10. The van der Waals surface area contributed by atoms with Crippen LogP contribution in [-0.2, 0) is 6.42 Å². The van der Waals surface area contributed by atoms with Gasteiger partial charge >= 0.3 is 0 Å². The van der Waals surface area contributed by atoms with E-state index >= 15 is 0 Å². The smallest absolute Gasteiger partial charge is 0.255 e. The monoisotopic (exact) mass is 372 g/mol. The van der Waals surface area contributed by atoms with Crippen LogP contribution in [0.1, 0.15) is 23.0 Å². The number of carbonyl (C=O) groups excluding carboxylic acids is 1. The van der Waals surface area contributed by atoms with Crippen LogP contribution in [0.3, 0.4) is 0 Å². The zero-order valence-corrected chi connectivity index (χ0v) is 13.7. The lowest BCUT2D eigenvalue weighted by Crippen LogP contribution is -2.13. The maximum atomic E-state index is 12.2. The zero-order valence-electron chi connectivity index (χ0n) is 10.6. The van der Waals surface area contributed by atoms with Crippen LogP contribution in [0.2, 0.25) is 10.2 Å². The molecule has 0 aliphatic heterocycles. The number of halogens is 3. The van der Waals surface area contributed by atoms with Gasteiger partial charge in [-0.05, 0) is 36.8 Å². The lowest BCUT2D eigenvalue weighted by molar-refractivity contribution is 0.102. The van der Waals surface area contributed by atoms with Gasteiger partial charge in [0.25, 0.3) is 5.91 Å². The van der Waals surface area contributed by atoms with Gasteiger partial charge in [-0.3, -0.25) is 4.79 Å². The molecule has 3 nitrogen and oxygen atoms in total. The van der Waals surface area contributed by atoms with Crippen molar-refractivity contribution in [3.05, 3.63) is 56.2 Å². The van der Waals surface area contributed by atoms with Crippen LogP contribution in [-0.4, -0.2) is 10.9 Å². The summed E-state index contributed by atoms with van der Waals surface area (Å²) in [4.78, 5) is 16.3.